The molecule has 0 rings (SSSR count). The molecule has 0 radical (unpaired) electrons. The van der Waals surface area contributed by atoms with Crippen LogP contribution in [0.5, 0.6) is 0 Å². The quantitative estimate of drug-likeness (QED) is 0.0263. The van der Waals surface area contributed by atoms with E-state index in [0.717, 1.165) is 57.8 Å². The lowest BCUT2D eigenvalue weighted by Crippen LogP contribution is -2.30. The molecule has 0 aliphatic heterocycles. The third-order valence-corrected chi connectivity index (χ3v) is 10.5. The van der Waals surface area contributed by atoms with Crippen LogP contribution in [-0.2, 0) is 28.6 Å². The maximum atomic E-state index is 12.7. The third kappa shape index (κ3) is 46.0. The minimum Gasteiger partial charge on any atom is -0.462 e. The molecule has 0 spiro atoms. The van der Waals surface area contributed by atoms with Gasteiger partial charge in [0.05, 0.1) is 0 Å². The molecule has 1 unspecified atom stereocenters. The summed E-state index contributed by atoms with van der Waals surface area (Å²) >= 11 is 0. The number of esters is 3. The summed E-state index contributed by atoms with van der Waals surface area (Å²) in [6, 6.07) is 0. The second-order valence-electron chi connectivity index (χ2n) is 16.4. The Bertz CT molecular complexity index is 1090. The molecule has 0 aliphatic carbocycles. The van der Waals surface area contributed by atoms with Crippen molar-refractivity contribution in [2.75, 3.05) is 13.2 Å². The Morgan fingerprint density at radius 1 is 0.339 bits per heavy atom. The van der Waals surface area contributed by atoms with Gasteiger partial charge in [-0.05, 0) is 77.0 Å². The summed E-state index contributed by atoms with van der Waals surface area (Å²) in [5, 5.41) is 0. The van der Waals surface area contributed by atoms with Gasteiger partial charge in [0.25, 0.3) is 0 Å². The topological polar surface area (TPSA) is 78.9 Å². The summed E-state index contributed by atoms with van der Waals surface area (Å²) < 4.78 is 16.7. The van der Waals surface area contributed by atoms with Gasteiger partial charge in [-0.1, -0.05) is 204 Å². The molecule has 0 heterocycles. The fraction of sp³-hybridized carbons (Fsp3) is 0.755. The third-order valence-electron chi connectivity index (χ3n) is 10.5. The maximum absolute atomic E-state index is 12.7. The smallest absolute Gasteiger partial charge is 0.306 e. The summed E-state index contributed by atoms with van der Waals surface area (Å²) in [4.78, 5) is 37.8. The van der Waals surface area contributed by atoms with E-state index in [1.807, 2.05) is 0 Å². The van der Waals surface area contributed by atoms with Gasteiger partial charge in [-0.15, -0.1) is 0 Å². The zero-order valence-corrected chi connectivity index (χ0v) is 38.8. The van der Waals surface area contributed by atoms with E-state index in [0.29, 0.717) is 25.7 Å². The van der Waals surface area contributed by atoms with Crippen molar-refractivity contribution >= 4 is 17.9 Å². The first-order valence-electron chi connectivity index (χ1n) is 24.8. The number of ether oxygens (including phenoxy) is 3. The van der Waals surface area contributed by atoms with Crippen molar-refractivity contribution in [2.45, 2.75) is 245 Å². The highest BCUT2D eigenvalue weighted by atomic mass is 16.6. The van der Waals surface area contributed by atoms with E-state index in [4.69, 9.17) is 14.2 Å². The van der Waals surface area contributed by atoms with Crippen molar-refractivity contribution in [3.05, 3.63) is 60.8 Å². The number of rotatable bonds is 44. The monoisotopic (exact) mass is 825 g/mol. The number of carbonyl (C=O) groups excluding carboxylic acids is 3. The molecule has 0 aromatic rings. The van der Waals surface area contributed by atoms with Crippen LogP contribution in [0, 0.1) is 0 Å². The SMILES string of the molecule is CCCCC/C=C\C/C=C\C/C=C\C/C=C\CCCC(=O)OCC(COC(=O)CCC/C=C\CCCCCC)OC(=O)CCCCCCCCCCCCCCCCC. The van der Waals surface area contributed by atoms with Crippen molar-refractivity contribution in [2.24, 2.45) is 0 Å². The fourth-order valence-corrected chi connectivity index (χ4v) is 6.73. The van der Waals surface area contributed by atoms with Crippen LogP contribution < -0.4 is 0 Å². The van der Waals surface area contributed by atoms with Crippen molar-refractivity contribution in [1.82, 2.24) is 0 Å². The molecule has 340 valence electrons. The maximum Gasteiger partial charge on any atom is 0.306 e. The van der Waals surface area contributed by atoms with Crippen LogP contribution in [0.25, 0.3) is 0 Å². The van der Waals surface area contributed by atoms with Crippen LogP contribution in [0.3, 0.4) is 0 Å². The molecular weight excluding hydrogens is 733 g/mol. The average Bonchev–Trinajstić information content (AvgIpc) is 3.23. The lowest BCUT2D eigenvalue weighted by Gasteiger charge is -2.18. The zero-order valence-electron chi connectivity index (χ0n) is 38.8. The molecule has 0 amide bonds. The molecule has 0 aromatic heterocycles. The normalized spacial score (nSPS) is 12.5. The first-order chi connectivity index (χ1) is 29.0. The Hall–Kier alpha value is -2.89. The highest BCUT2D eigenvalue weighted by Crippen LogP contribution is 2.15. The Kier molecular flexibility index (Phi) is 45.4. The minimum atomic E-state index is -0.803. The predicted octanol–water partition coefficient (Wildman–Crippen LogP) is 16.1. The number of allylic oxidation sites excluding steroid dienone is 10. The first-order valence-corrected chi connectivity index (χ1v) is 24.8. The number of unbranched alkanes of at least 4 members (excludes halogenated alkanes) is 23. The van der Waals surface area contributed by atoms with Gasteiger partial charge in [0.1, 0.15) is 13.2 Å². The van der Waals surface area contributed by atoms with Gasteiger partial charge in [-0.2, -0.15) is 0 Å². The van der Waals surface area contributed by atoms with Gasteiger partial charge < -0.3 is 14.2 Å². The van der Waals surface area contributed by atoms with Crippen molar-refractivity contribution < 1.29 is 28.6 Å². The van der Waals surface area contributed by atoms with Gasteiger partial charge in [-0.3, -0.25) is 14.4 Å². The Morgan fingerprint density at radius 2 is 0.627 bits per heavy atom. The van der Waals surface area contributed by atoms with Crippen LogP contribution in [0.4, 0.5) is 0 Å². The van der Waals surface area contributed by atoms with Crippen LogP contribution in [0.2, 0.25) is 0 Å². The molecule has 0 bridgehead atoms. The number of carbonyl (C=O) groups is 3. The molecular formula is C53H92O6. The van der Waals surface area contributed by atoms with Crippen molar-refractivity contribution in [3.63, 3.8) is 0 Å². The minimum absolute atomic E-state index is 0.105. The molecule has 0 saturated heterocycles. The molecule has 6 nitrogen and oxygen atoms in total. The summed E-state index contributed by atoms with van der Waals surface area (Å²) in [7, 11) is 0. The van der Waals surface area contributed by atoms with E-state index in [9.17, 15) is 14.4 Å². The zero-order chi connectivity index (χ0) is 43.0. The van der Waals surface area contributed by atoms with E-state index in [-0.39, 0.29) is 37.5 Å². The predicted molar refractivity (Wildman–Crippen MR) is 251 cm³/mol. The lowest BCUT2D eigenvalue weighted by atomic mass is 10.0. The van der Waals surface area contributed by atoms with Gasteiger partial charge >= 0.3 is 17.9 Å². The standard InChI is InChI=1S/C53H92O6/c1-4-7-10-13-16-19-21-23-25-26-28-29-31-34-37-40-43-46-52(55)58-49-50(48-57-51(54)45-42-39-36-33-18-15-12-9-6-3)59-53(56)47-44-41-38-35-32-30-27-24-22-20-17-14-11-8-5-2/h16,19,23,25,28-29,33-34,36-37,50H,4-15,17-18,20-22,24,26-27,30-32,35,38-49H2,1-3H3/b19-16-,25-23-,29-28-,36-33-,37-34-. The van der Waals surface area contributed by atoms with E-state index in [2.05, 4.69) is 81.5 Å². The lowest BCUT2D eigenvalue weighted by molar-refractivity contribution is -0.167. The van der Waals surface area contributed by atoms with Crippen LogP contribution >= 0.6 is 0 Å². The average molecular weight is 825 g/mol. The second-order valence-corrected chi connectivity index (χ2v) is 16.4. The van der Waals surface area contributed by atoms with Gasteiger partial charge in [0.2, 0.25) is 0 Å². The van der Waals surface area contributed by atoms with Gasteiger partial charge in [-0.25, -0.2) is 0 Å². The van der Waals surface area contributed by atoms with E-state index in [1.54, 1.807) is 0 Å². The summed E-state index contributed by atoms with van der Waals surface area (Å²) in [6.07, 6.45) is 57.9. The van der Waals surface area contributed by atoms with Crippen LogP contribution in [0.15, 0.2) is 60.8 Å². The Balaban J connectivity index is 4.43. The molecule has 6 heteroatoms. The van der Waals surface area contributed by atoms with Gasteiger partial charge in [0.15, 0.2) is 6.10 Å². The number of hydrogen-bond acceptors (Lipinski definition) is 6. The van der Waals surface area contributed by atoms with Crippen LogP contribution in [0.1, 0.15) is 239 Å². The second kappa shape index (κ2) is 47.8. The van der Waals surface area contributed by atoms with E-state index in [1.165, 1.54) is 128 Å². The summed E-state index contributed by atoms with van der Waals surface area (Å²) in [6.45, 7) is 6.50. The molecule has 0 saturated carbocycles. The molecule has 0 aliphatic rings. The molecule has 0 N–H and O–H groups in total. The van der Waals surface area contributed by atoms with Crippen LogP contribution in [-0.4, -0.2) is 37.2 Å². The van der Waals surface area contributed by atoms with Gasteiger partial charge in [0, 0.05) is 19.3 Å². The molecule has 1 atom stereocenters. The molecule has 0 aromatic carbocycles. The molecule has 0 fully saturated rings. The van der Waals surface area contributed by atoms with E-state index < -0.39 is 6.10 Å². The Labute approximate surface area is 364 Å². The first kappa shape index (κ1) is 56.1. The van der Waals surface area contributed by atoms with Crippen molar-refractivity contribution in [3.8, 4) is 0 Å². The number of hydrogen-bond donors (Lipinski definition) is 0. The Morgan fingerprint density at radius 3 is 1.05 bits per heavy atom. The molecule has 59 heavy (non-hydrogen) atoms. The van der Waals surface area contributed by atoms with Crippen molar-refractivity contribution in [1.29, 1.82) is 0 Å². The summed E-state index contributed by atoms with van der Waals surface area (Å²) in [5.41, 5.74) is 0. The summed E-state index contributed by atoms with van der Waals surface area (Å²) in [5.74, 6) is -0.992. The largest absolute Gasteiger partial charge is 0.462 e. The van der Waals surface area contributed by atoms with E-state index >= 15 is 0 Å². The highest BCUT2D eigenvalue weighted by Gasteiger charge is 2.19. The highest BCUT2D eigenvalue weighted by molar-refractivity contribution is 5.71. The fourth-order valence-electron chi connectivity index (χ4n) is 6.73.